The predicted octanol–water partition coefficient (Wildman–Crippen LogP) is 3.71. The number of carbonyl (C=O) groups is 3. The SMILES string of the molecule is Cc1cc(O)c2c(c1)C(=O)c1ccc3c(c1C2=O)O[C@@]12O[C@H](C)[C@H]4[C@@](C)(O)CC(=O)C(=C(O)c5c(O)cccc51)[C@]342. The fraction of sp³-hybridized carbons (Fsp3) is 0.281. The minimum Gasteiger partial charge on any atom is -0.507 e. The van der Waals surface area contributed by atoms with Gasteiger partial charge in [-0.1, -0.05) is 18.2 Å². The molecule has 3 aromatic rings. The molecule has 1 spiro atoms. The first-order chi connectivity index (χ1) is 19.4. The van der Waals surface area contributed by atoms with Gasteiger partial charge in [0.05, 0.1) is 34.0 Å². The molecule has 0 bridgehead atoms. The highest BCUT2D eigenvalue weighted by molar-refractivity contribution is 6.30. The van der Waals surface area contributed by atoms with Crippen LogP contribution in [0.25, 0.3) is 5.76 Å². The molecule has 8 rings (SSSR count). The number of aromatic hydroxyl groups is 2. The van der Waals surface area contributed by atoms with Crippen LogP contribution in [-0.2, 0) is 20.7 Å². The average Bonchev–Trinajstić information content (AvgIpc) is 3.31. The third-order valence-electron chi connectivity index (χ3n) is 9.57. The van der Waals surface area contributed by atoms with Crippen LogP contribution in [0, 0.1) is 12.8 Å². The third-order valence-corrected chi connectivity index (χ3v) is 9.57. The maximum Gasteiger partial charge on any atom is 0.253 e. The number of ketones is 3. The number of phenolic OH excluding ortho intramolecular Hbond substituents is 2. The average molecular weight is 553 g/mol. The van der Waals surface area contributed by atoms with Gasteiger partial charge in [0.1, 0.15) is 28.4 Å². The van der Waals surface area contributed by atoms with Crippen LogP contribution >= 0.6 is 0 Å². The summed E-state index contributed by atoms with van der Waals surface area (Å²) in [7, 11) is 0. The topological polar surface area (TPSA) is 151 Å². The van der Waals surface area contributed by atoms with E-state index in [1.807, 2.05) is 0 Å². The van der Waals surface area contributed by atoms with Crippen molar-refractivity contribution < 1.29 is 44.3 Å². The zero-order valence-corrected chi connectivity index (χ0v) is 22.2. The van der Waals surface area contributed by atoms with Crippen LogP contribution in [0.4, 0.5) is 0 Å². The Hall–Kier alpha value is -4.47. The van der Waals surface area contributed by atoms with Gasteiger partial charge < -0.3 is 29.9 Å². The number of aliphatic hydroxyl groups excluding tert-OH is 1. The van der Waals surface area contributed by atoms with Crippen molar-refractivity contribution in [3.63, 3.8) is 0 Å². The number of aliphatic hydroxyl groups is 2. The van der Waals surface area contributed by atoms with Crippen molar-refractivity contribution in [1.29, 1.82) is 0 Å². The summed E-state index contributed by atoms with van der Waals surface area (Å²) in [6.07, 6.45) is -1.02. The Morgan fingerprint density at radius 3 is 2.39 bits per heavy atom. The minimum absolute atomic E-state index is 0.0321. The van der Waals surface area contributed by atoms with Crippen molar-refractivity contribution in [2.45, 2.75) is 50.1 Å². The second kappa shape index (κ2) is 7.05. The van der Waals surface area contributed by atoms with Gasteiger partial charge in [0.2, 0.25) is 5.78 Å². The van der Waals surface area contributed by atoms with E-state index in [1.54, 1.807) is 38.1 Å². The molecule has 0 unspecified atom stereocenters. The molecule has 0 radical (unpaired) electrons. The Morgan fingerprint density at radius 1 is 0.878 bits per heavy atom. The van der Waals surface area contributed by atoms with E-state index in [4.69, 9.17) is 9.47 Å². The van der Waals surface area contributed by atoms with Gasteiger partial charge in [0.15, 0.2) is 11.6 Å². The van der Waals surface area contributed by atoms with Crippen molar-refractivity contribution >= 4 is 23.1 Å². The van der Waals surface area contributed by atoms with Crippen LogP contribution in [0.3, 0.4) is 0 Å². The van der Waals surface area contributed by atoms with Crippen molar-refractivity contribution in [3.8, 4) is 17.2 Å². The molecule has 5 atom stereocenters. The molecule has 1 saturated heterocycles. The number of hydrogen-bond acceptors (Lipinski definition) is 9. The summed E-state index contributed by atoms with van der Waals surface area (Å²) >= 11 is 0. The van der Waals surface area contributed by atoms with Gasteiger partial charge >= 0.3 is 0 Å². The highest BCUT2D eigenvalue weighted by atomic mass is 16.7. The van der Waals surface area contributed by atoms with E-state index >= 15 is 0 Å². The number of phenols is 2. The summed E-state index contributed by atoms with van der Waals surface area (Å²) in [5.41, 5.74) is -2.36. The molecule has 4 N–H and O–H groups in total. The van der Waals surface area contributed by atoms with E-state index in [1.165, 1.54) is 25.1 Å². The van der Waals surface area contributed by atoms with Gasteiger partial charge in [-0.2, -0.15) is 0 Å². The molecule has 2 fully saturated rings. The molecule has 5 aliphatic rings. The highest BCUT2D eigenvalue weighted by Crippen LogP contribution is 2.74. The summed E-state index contributed by atoms with van der Waals surface area (Å²) < 4.78 is 13.3. The summed E-state index contributed by atoms with van der Waals surface area (Å²) in [5, 5.41) is 45.0. The summed E-state index contributed by atoms with van der Waals surface area (Å²) in [6, 6.07) is 10.5. The molecular weight excluding hydrogens is 528 g/mol. The number of carbonyl (C=O) groups excluding carboxylic acids is 3. The second-order valence-corrected chi connectivity index (χ2v) is 11.9. The first-order valence-corrected chi connectivity index (χ1v) is 13.4. The van der Waals surface area contributed by atoms with Crippen LogP contribution in [0.2, 0.25) is 0 Å². The highest BCUT2D eigenvalue weighted by Gasteiger charge is 2.81. The summed E-state index contributed by atoms with van der Waals surface area (Å²) in [6.45, 7) is 4.98. The number of rotatable bonds is 0. The molecule has 0 amide bonds. The zero-order chi connectivity index (χ0) is 29.0. The standard InChI is InChI=1S/C32H24O9/c1-12-9-15-21(19(34)10-12)26(37)22-14(25(15)36)7-8-17-28(22)41-32-16-5-4-6-18(33)23(16)27(38)24-20(35)11-30(3,39)29(13(2)40-32)31(17,24)32/h4-10,13,29,33-34,38-39H,11H2,1-3H3/t13-,29+,30+,31-,32+/m1/s1. The third kappa shape index (κ3) is 2.42. The molecule has 3 aliphatic carbocycles. The molecule has 1 saturated carbocycles. The zero-order valence-electron chi connectivity index (χ0n) is 22.2. The lowest BCUT2D eigenvalue weighted by Gasteiger charge is -2.52. The number of ether oxygens (including phenoxy) is 2. The normalized spacial score (nSPS) is 32.0. The Kier molecular flexibility index (Phi) is 4.18. The summed E-state index contributed by atoms with van der Waals surface area (Å²) in [5.74, 6) is -5.52. The van der Waals surface area contributed by atoms with E-state index < -0.39 is 51.9 Å². The minimum atomic E-state index is -1.87. The lowest BCUT2D eigenvalue weighted by atomic mass is 9.49. The van der Waals surface area contributed by atoms with Crippen LogP contribution in [0.5, 0.6) is 17.2 Å². The van der Waals surface area contributed by atoms with Gasteiger partial charge in [-0.25, -0.2) is 0 Å². The van der Waals surface area contributed by atoms with E-state index in [2.05, 4.69) is 0 Å². The van der Waals surface area contributed by atoms with Crippen LogP contribution in [0.1, 0.15) is 74.4 Å². The Morgan fingerprint density at radius 2 is 1.63 bits per heavy atom. The quantitative estimate of drug-likeness (QED) is 0.256. The number of hydrogen-bond donors (Lipinski definition) is 4. The number of Topliss-reactive ketones (excluding diaryl/α,β-unsaturated/α-hetero) is 1. The smallest absolute Gasteiger partial charge is 0.253 e. The van der Waals surface area contributed by atoms with E-state index in [-0.39, 0.29) is 62.6 Å². The molecule has 3 aromatic carbocycles. The van der Waals surface area contributed by atoms with Crippen molar-refractivity contribution in [1.82, 2.24) is 0 Å². The first kappa shape index (κ1) is 24.3. The van der Waals surface area contributed by atoms with Gasteiger partial charge in [-0.05, 0) is 50.6 Å². The maximum atomic E-state index is 14.1. The van der Waals surface area contributed by atoms with Crippen molar-refractivity contribution in [2.24, 2.45) is 5.92 Å². The Balaban J connectivity index is 1.52. The van der Waals surface area contributed by atoms with Crippen LogP contribution < -0.4 is 4.74 Å². The molecule has 2 heterocycles. The van der Waals surface area contributed by atoms with E-state index in [0.29, 0.717) is 11.1 Å². The largest absolute Gasteiger partial charge is 0.507 e. The van der Waals surface area contributed by atoms with Gasteiger partial charge in [0.25, 0.3) is 5.79 Å². The molecule has 41 heavy (non-hydrogen) atoms. The van der Waals surface area contributed by atoms with Crippen molar-refractivity contribution in [3.05, 3.63) is 92.5 Å². The molecular formula is C32H24O9. The molecule has 206 valence electrons. The number of benzene rings is 3. The maximum absolute atomic E-state index is 14.1. The van der Waals surface area contributed by atoms with Crippen LogP contribution in [0.15, 0.2) is 48.0 Å². The second-order valence-electron chi connectivity index (χ2n) is 11.9. The fourth-order valence-corrected chi connectivity index (χ4v) is 8.45. The molecule has 2 aliphatic heterocycles. The van der Waals surface area contributed by atoms with Gasteiger partial charge in [-0.15, -0.1) is 0 Å². The number of fused-ring (bicyclic) bond motifs is 5. The lowest BCUT2D eigenvalue weighted by molar-refractivity contribution is -0.190. The number of aryl methyl sites for hydroxylation is 1. The van der Waals surface area contributed by atoms with E-state index in [9.17, 15) is 34.8 Å². The first-order valence-electron chi connectivity index (χ1n) is 13.4. The molecule has 9 nitrogen and oxygen atoms in total. The molecule has 0 aromatic heterocycles. The monoisotopic (exact) mass is 552 g/mol. The van der Waals surface area contributed by atoms with Crippen LogP contribution in [-0.4, -0.2) is 49.5 Å². The molecule has 9 heteroatoms. The predicted molar refractivity (Wildman–Crippen MR) is 142 cm³/mol. The van der Waals surface area contributed by atoms with Gasteiger partial charge in [0, 0.05) is 34.6 Å². The van der Waals surface area contributed by atoms with E-state index in [0.717, 1.165) is 0 Å². The van der Waals surface area contributed by atoms with Crippen molar-refractivity contribution in [2.75, 3.05) is 0 Å². The lowest BCUT2D eigenvalue weighted by Crippen LogP contribution is -2.62. The summed E-state index contributed by atoms with van der Waals surface area (Å²) in [4.78, 5) is 41.6. The Bertz CT molecular complexity index is 1880. The Labute approximate surface area is 233 Å². The van der Waals surface area contributed by atoms with Gasteiger partial charge in [-0.3, -0.25) is 14.4 Å². The fourth-order valence-electron chi connectivity index (χ4n) is 8.45.